The summed E-state index contributed by atoms with van der Waals surface area (Å²) in [5.41, 5.74) is 0.939. The third-order valence-corrected chi connectivity index (χ3v) is 4.64. The number of carbonyl (C=O) groups excluding carboxylic acids is 3. The van der Waals surface area contributed by atoms with Gasteiger partial charge in [0.2, 0.25) is 0 Å². The van der Waals surface area contributed by atoms with E-state index in [1.807, 2.05) is 60.7 Å². The molecule has 0 aromatic heterocycles. The van der Waals surface area contributed by atoms with E-state index in [4.69, 9.17) is 18.9 Å². The van der Waals surface area contributed by atoms with Crippen molar-refractivity contribution in [2.75, 3.05) is 20.4 Å². The summed E-state index contributed by atoms with van der Waals surface area (Å²) in [6.07, 6.45) is -1.68. The van der Waals surface area contributed by atoms with Gasteiger partial charge in [0.05, 0.1) is 6.04 Å². The molecule has 0 heterocycles. The number of hydrogen-bond donors (Lipinski definition) is 2. The molecule has 35 heavy (non-hydrogen) atoms. The van der Waals surface area contributed by atoms with Gasteiger partial charge in [0.25, 0.3) is 5.91 Å². The summed E-state index contributed by atoms with van der Waals surface area (Å²) >= 11 is 0. The normalized spacial score (nSPS) is 12.8. The monoisotopic (exact) mass is 486 g/mol. The second-order valence-electron chi connectivity index (χ2n) is 8.79. The van der Waals surface area contributed by atoms with Crippen molar-refractivity contribution in [2.45, 2.75) is 51.5 Å². The van der Waals surface area contributed by atoms with E-state index >= 15 is 0 Å². The lowest BCUT2D eigenvalue weighted by Gasteiger charge is -2.29. The summed E-state index contributed by atoms with van der Waals surface area (Å²) in [6, 6.07) is 17.6. The number of ether oxygens (including phenoxy) is 4. The summed E-state index contributed by atoms with van der Waals surface area (Å²) in [6.45, 7) is 4.73. The second kappa shape index (κ2) is 14.1. The molecule has 9 heteroatoms. The Morgan fingerprint density at radius 3 is 2.09 bits per heavy atom. The predicted octanol–water partition coefficient (Wildman–Crippen LogP) is 2.97. The highest BCUT2D eigenvalue weighted by molar-refractivity contribution is 5.83. The van der Waals surface area contributed by atoms with Crippen molar-refractivity contribution < 1.29 is 33.3 Å². The van der Waals surface area contributed by atoms with Crippen LogP contribution < -0.4 is 10.6 Å². The lowest BCUT2D eigenvalue weighted by molar-refractivity contribution is -0.155. The van der Waals surface area contributed by atoms with Crippen LogP contribution in [0.5, 0.6) is 0 Å². The van der Waals surface area contributed by atoms with Gasteiger partial charge in [0, 0.05) is 7.11 Å². The minimum Gasteiger partial charge on any atom is -0.459 e. The molecule has 2 amide bonds. The van der Waals surface area contributed by atoms with Crippen molar-refractivity contribution in [1.82, 2.24) is 10.6 Å². The lowest BCUT2D eigenvalue weighted by Crippen LogP contribution is -2.54. The molecule has 190 valence electrons. The minimum absolute atomic E-state index is 0.0678. The van der Waals surface area contributed by atoms with Crippen molar-refractivity contribution in [1.29, 1.82) is 0 Å². The molecule has 0 radical (unpaired) electrons. The largest absolute Gasteiger partial charge is 0.459 e. The van der Waals surface area contributed by atoms with E-state index in [0.29, 0.717) is 0 Å². The molecule has 2 unspecified atom stereocenters. The second-order valence-corrected chi connectivity index (χ2v) is 8.79. The van der Waals surface area contributed by atoms with Crippen LogP contribution in [0.1, 0.15) is 31.9 Å². The molecule has 2 aromatic rings. The molecule has 2 rings (SSSR count). The van der Waals surface area contributed by atoms with Gasteiger partial charge in [-0.3, -0.25) is 4.79 Å². The standard InChI is InChI=1S/C26H34N2O7/c1-26(2,3)35-25(31)28-21(15-19-11-7-5-8-12-19)23(24(30)27-18-32-4)34-17-22(29)33-16-20-13-9-6-10-14-20/h5-14,21,23H,15-18H2,1-4H3,(H,27,30)(H,28,31). The Morgan fingerprint density at radius 2 is 1.51 bits per heavy atom. The van der Waals surface area contributed by atoms with Crippen LogP contribution in [0.2, 0.25) is 0 Å². The first kappa shape index (κ1) is 27.8. The predicted molar refractivity (Wildman–Crippen MR) is 129 cm³/mol. The first-order valence-corrected chi connectivity index (χ1v) is 11.3. The van der Waals surface area contributed by atoms with Gasteiger partial charge < -0.3 is 29.6 Å². The third kappa shape index (κ3) is 11.0. The fourth-order valence-electron chi connectivity index (χ4n) is 3.12. The van der Waals surface area contributed by atoms with Gasteiger partial charge in [-0.15, -0.1) is 0 Å². The van der Waals surface area contributed by atoms with Crippen LogP contribution in [0.4, 0.5) is 4.79 Å². The maximum Gasteiger partial charge on any atom is 0.407 e. The number of carbonyl (C=O) groups is 3. The van der Waals surface area contributed by atoms with Crippen molar-refractivity contribution in [3.8, 4) is 0 Å². The summed E-state index contributed by atoms with van der Waals surface area (Å²) < 4.78 is 21.3. The maximum atomic E-state index is 12.9. The van der Waals surface area contributed by atoms with Gasteiger partial charge in [-0.2, -0.15) is 0 Å². The maximum absolute atomic E-state index is 12.9. The van der Waals surface area contributed by atoms with E-state index in [-0.39, 0.29) is 19.8 Å². The van der Waals surface area contributed by atoms with Gasteiger partial charge >= 0.3 is 12.1 Å². The van der Waals surface area contributed by atoms with Gasteiger partial charge in [0.1, 0.15) is 25.5 Å². The molecule has 0 aliphatic carbocycles. The molecule has 0 bridgehead atoms. The molecule has 0 spiro atoms. The van der Waals surface area contributed by atoms with Crippen LogP contribution in [0.15, 0.2) is 60.7 Å². The highest BCUT2D eigenvalue weighted by Crippen LogP contribution is 2.13. The number of rotatable bonds is 12. The smallest absolute Gasteiger partial charge is 0.407 e. The fraction of sp³-hybridized carbons (Fsp3) is 0.423. The zero-order chi connectivity index (χ0) is 25.7. The number of benzene rings is 2. The average molecular weight is 487 g/mol. The molecule has 2 N–H and O–H groups in total. The van der Waals surface area contributed by atoms with Crippen molar-refractivity contribution in [3.63, 3.8) is 0 Å². The fourth-order valence-corrected chi connectivity index (χ4v) is 3.12. The number of amides is 2. The van der Waals surface area contributed by atoms with Gasteiger partial charge in [-0.05, 0) is 38.3 Å². The first-order chi connectivity index (χ1) is 16.7. The Bertz CT molecular complexity index is 930. The number of esters is 1. The van der Waals surface area contributed by atoms with Gasteiger partial charge in [-0.1, -0.05) is 60.7 Å². The quantitative estimate of drug-likeness (QED) is 0.350. The Kier molecular flexibility index (Phi) is 11.2. The average Bonchev–Trinajstić information content (AvgIpc) is 2.81. The van der Waals surface area contributed by atoms with Crippen LogP contribution in [-0.4, -0.2) is 56.2 Å². The van der Waals surface area contributed by atoms with E-state index in [2.05, 4.69) is 10.6 Å². The van der Waals surface area contributed by atoms with Gasteiger partial charge in [0.15, 0.2) is 6.10 Å². The SMILES string of the molecule is COCNC(=O)C(OCC(=O)OCc1ccccc1)C(Cc1ccccc1)NC(=O)OC(C)(C)C. The van der Waals surface area contributed by atoms with Crippen molar-refractivity contribution in [3.05, 3.63) is 71.8 Å². The highest BCUT2D eigenvalue weighted by atomic mass is 16.6. The molecular weight excluding hydrogens is 452 g/mol. The molecule has 2 aromatic carbocycles. The number of hydrogen-bond acceptors (Lipinski definition) is 7. The van der Waals surface area contributed by atoms with E-state index < -0.39 is 42.3 Å². The molecule has 0 aliphatic rings. The van der Waals surface area contributed by atoms with Crippen molar-refractivity contribution >= 4 is 18.0 Å². The van der Waals surface area contributed by atoms with Crippen LogP contribution in [-0.2, 0) is 41.6 Å². The molecule has 9 nitrogen and oxygen atoms in total. The van der Waals surface area contributed by atoms with E-state index in [1.54, 1.807) is 20.8 Å². The zero-order valence-electron chi connectivity index (χ0n) is 20.6. The topological polar surface area (TPSA) is 112 Å². The van der Waals surface area contributed by atoms with Gasteiger partial charge in [-0.25, -0.2) is 9.59 Å². The lowest BCUT2D eigenvalue weighted by atomic mass is 10.0. The third-order valence-electron chi connectivity index (χ3n) is 4.64. The Hall–Kier alpha value is -3.43. The Labute approximate surface area is 206 Å². The molecular formula is C26H34N2O7. The number of nitrogens with one attached hydrogen (secondary N) is 2. The number of methoxy groups -OCH3 is 1. The van der Waals surface area contributed by atoms with Crippen LogP contribution in [0.25, 0.3) is 0 Å². The summed E-state index contributed by atoms with van der Waals surface area (Å²) in [7, 11) is 1.43. The Morgan fingerprint density at radius 1 is 0.914 bits per heavy atom. The minimum atomic E-state index is -1.22. The van der Waals surface area contributed by atoms with Crippen LogP contribution in [0.3, 0.4) is 0 Å². The molecule has 2 atom stereocenters. The molecule has 0 saturated heterocycles. The molecule has 0 saturated carbocycles. The summed E-state index contributed by atoms with van der Waals surface area (Å²) in [5.74, 6) is -1.20. The van der Waals surface area contributed by atoms with Crippen molar-refractivity contribution in [2.24, 2.45) is 0 Å². The summed E-state index contributed by atoms with van der Waals surface area (Å²) in [5, 5.41) is 5.29. The first-order valence-electron chi connectivity index (χ1n) is 11.3. The number of alkyl carbamates (subject to hydrolysis) is 1. The highest BCUT2D eigenvalue weighted by Gasteiger charge is 2.33. The van der Waals surface area contributed by atoms with Crippen LogP contribution in [0, 0.1) is 0 Å². The summed E-state index contributed by atoms with van der Waals surface area (Å²) in [4.78, 5) is 37.8. The van der Waals surface area contributed by atoms with E-state index in [0.717, 1.165) is 11.1 Å². The molecule has 0 fully saturated rings. The van der Waals surface area contributed by atoms with E-state index in [1.165, 1.54) is 7.11 Å². The molecule has 0 aliphatic heterocycles. The Balaban J connectivity index is 2.15. The van der Waals surface area contributed by atoms with Crippen LogP contribution >= 0.6 is 0 Å². The van der Waals surface area contributed by atoms with E-state index in [9.17, 15) is 14.4 Å². The zero-order valence-corrected chi connectivity index (χ0v) is 20.6.